The van der Waals surface area contributed by atoms with Crippen molar-refractivity contribution in [2.45, 2.75) is 57.8 Å². The quantitative estimate of drug-likeness (QED) is 0.725. The topological polar surface area (TPSA) is 38.7 Å². The first-order chi connectivity index (χ1) is 12.3. The standard InChI is InChI=1S/C22H28O3/c1-2-3-12-20(23)18-10-8-9-17(16-18)19-11-4-5-13-21(19)25-22-14-6-7-15-24-22/h4-5,8-11,13,16,20,22-23H,2-3,6-7,12,14-15H2,1H3. The molecule has 25 heavy (non-hydrogen) atoms. The molecule has 0 radical (unpaired) electrons. The van der Waals surface area contributed by atoms with Crippen molar-refractivity contribution in [2.75, 3.05) is 6.61 Å². The minimum atomic E-state index is -0.408. The molecular formula is C22H28O3. The molecule has 2 atom stereocenters. The van der Waals surface area contributed by atoms with Crippen molar-refractivity contribution < 1.29 is 14.6 Å². The number of unbranched alkanes of at least 4 members (excludes halogenated alkanes) is 1. The number of hydrogen-bond donors (Lipinski definition) is 1. The molecule has 1 saturated heterocycles. The van der Waals surface area contributed by atoms with Crippen LogP contribution in [0, 0.1) is 0 Å². The Balaban J connectivity index is 1.81. The van der Waals surface area contributed by atoms with E-state index >= 15 is 0 Å². The van der Waals surface area contributed by atoms with Crippen LogP contribution in [0.3, 0.4) is 0 Å². The zero-order valence-electron chi connectivity index (χ0n) is 15.0. The van der Waals surface area contributed by atoms with E-state index in [4.69, 9.17) is 9.47 Å². The number of rotatable bonds is 7. The summed E-state index contributed by atoms with van der Waals surface area (Å²) in [6, 6.07) is 16.2. The molecule has 1 aliphatic rings. The fraction of sp³-hybridized carbons (Fsp3) is 0.455. The van der Waals surface area contributed by atoms with Crippen LogP contribution in [-0.4, -0.2) is 18.0 Å². The maximum atomic E-state index is 10.4. The molecule has 2 unspecified atom stereocenters. The summed E-state index contributed by atoms with van der Waals surface area (Å²) in [5, 5.41) is 10.4. The van der Waals surface area contributed by atoms with Gasteiger partial charge in [0.15, 0.2) is 6.29 Å². The number of aliphatic hydroxyl groups is 1. The third-order valence-corrected chi connectivity index (χ3v) is 4.70. The molecule has 1 heterocycles. The lowest BCUT2D eigenvalue weighted by Gasteiger charge is -2.24. The van der Waals surface area contributed by atoms with Gasteiger partial charge in [-0.05, 0) is 42.5 Å². The highest BCUT2D eigenvalue weighted by molar-refractivity contribution is 5.71. The molecule has 0 saturated carbocycles. The molecule has 1 N–H and O–H groups in total. The highest BCUT2D eigenvalue weighted by Gasteiger charge is 2.17. The lowest BCUT2D eigenvalue weighted by Crippen LogP contribution is -2.25. The number of aliphatic hydroxyl groups excluding tert-OH is 1. The normalized spacial score (nSPS) is 18.7. The number of benzene rings is 2. The monoisotopic (exact) mass is 340 g/mol. The van der Waals surface area contributed by atoms with E-state index < -0.39 is 6.10 Å². The summed E-state index contributed by atoms with van der Waals surface area (Å²) in [5.74, 6) is 0.842. The van der Waals surface area contributed by atoms with Crippen molar-refractivity contribution in [3.05, 3.63) is 54.1 Å². The summed E-state index contributed by atoms with van der Waals surface area (Å²) < 4.78 is 11.8. The van der Waals surface area contributed by atoms with Crippen molar-refractivity contribution in [2.24, 2.45) is 0 Å². The summed E-state index contributed by atoms with van der Waals surface area (Å²) in [6.45, 7) is 2.91. The van der Waals surface area contributed by atoms with Crippen molar-refractivity contribution in [3.8, 4) is 16.9 Å². The van der Waals surface area contributed by atoms with Crippen molar-refractivity contribution in [3.63, 3.8) is 0 Å². The summed E-state index contributed by atoms with van der Waals surface area (Å²) in [6.07, 6.45) is 5.55. The fourth-order valence-electron chi connectivity index (χ4n) is 3.23. The molecule has 0 aliphatic carbocycles. The molecule has 1 fully saturated rings. The van der Waals surface area contributed by atoms with Crippen LogP contribution in [0.5, 0.6) is 5.75 Å². The SMILES string of the molecule is CCCCC(O)c1cccc(-c2ccccc2OC2CCCCO2)c1. The largest absolute Gasteiger partial charge is 0.464 e. The van der Waals surface area contributed by atoms with Gasteiger partial charge in [0.2, 0.25) is 0 Å². The first-order valence-electron chi connectivity index (χ1n) is 9.43. The Morgan fingerprint density at radius 3 is 2.84 bits per heavy atom. The Morgan fingerprint density at radius 1 is 1.16 bits per heavy atom. The summed E-state index contributed by atoms with van der Waals surface area (Å²) in [5.41, 5.74) is 3.08. The third-order valence-electron chi connectivity index (χ3n) is 4.70. The van der Waals surface area contributed by atoms with Gasteiger partial charge in [0, 0.05) is 12.0 Å². The second kappa shape index (κ2) is 9.02. The highest BCUT2D eigenvalue weighted by Crippen LogP contribution is 2.33. The molecule has 134 valence electrons. The molecule has 0 spiro atoms. The number of hydrogen-bond acceptors (Lipinski definition) is 3. The lowest BCUT2D eigenvalue weighted by molar-refractivity contribution is -0.105. The van der Waals surface area contributed by atoms with E-state index in [1.807, 2.05) is 30.3 Å². The molecule has 3 rings (SSSR count). The molecule has 2 aromatic carbocycles. The van der Waals surface area contributed by atoms with Gasteiger partial charge in [-0.2, -0.15) is 0 Å². The van der Waals surface area contributed by atoms with Gasteiger partial charge in [0.1, 0.15) is 5.75 Å². The maximum absolute atomic E-state index is 10.4. The predicted octanol–water partition coefficient (Wildman–Crippen LogP) is 5.48. The number of ether oxygens (including phenoxy) is 2. The van der Waals surface area contributed by atoms with Gasteiger partial charge in [-0.15, -0.1) is 0 Å². The zero-order chi connectivity index (χ0) is 17.5. The Kier molecular flexibility index (Phi) is 6.48. The Morgan fingerprint density at radius 2 is 2.04 bits per heavy atom. The lowest BCUT2D eigenvalue weighted by atomic mass is 9.98. The number of para-hydroxylation sites is 1. The smallest absolute Gasteiger partial charge is 0.199 e. The average Bonchev–Trinajstić information content (AvgIpc) is 2.67. The molecule has 0 amide bonds. The molecule has 2 aromatic rings. The van der Waals surface area contributed by atoms with Gasteiger partial charge in [-0.25, -0.2) is 0 Å². The Labute approximate surface area is 150 Å². The Bertz CT molecular complexity index is 662. The van der Waals surface area contributed by atoms with Gasteiger partial charge < -0.3 is 14.6 Å². The molecule has 0 aromatic heterocycles. The molecule has 3 heteroatoms. The van der Waals surface area contributed by atoms with E-state index in [1.54, 1.807) is 0 Å². The minimum absolute atomic E-state index is 0.159. The zero-order valence-corrected chi connectivity index (χ0v) is 15.0. The summed E-state index contributed by atoms with van der Waals surface area (Å²) in [4.78, 5) is 0. The molecule has 3 nitrogen and oxygen atoms in total. The van der Waals surface area contributed by atoms with E-state index in [2.05, 4.69) is 25.1 Å². The first-order valence-corrected chi connectivity index (χ1v) is 9.43. The highest BCUT2D eigenvalue weighted by atomic mass is 16.7. The first kappa shape index (κ1) is 18.0. The minimum Gasteiger partial charge on any atom is -0.464 e. The van der Waals surface area contributed by atoms with E-state index in [9.17, 15) is 5.11 Å². The summed E-state index contributed by atoms with van der Waals surface area (Å²) in [7, 11) is 0. The van der Waals surface area contributed by atoms with Crippen LogP contribution in [0.25, 0.3) is 11.1 Å². The van der Waals surface area contributed by atoms with Crippen LogP contribution in [-0.2, 0) is 4.74 Å². The van der Waals surface area contributed by atoms with Crippen LogP contribution >= 0.6 is 0 Å². The van der Waals surface area contributed by atoms with Crippen LogP contribution in [0.2, 0.25) is 0 Å². The van der Waals surface area contributed by atoms with Gasteiger partial charge in [-0.1, -0.05) is 56.2 Å². The van der Waals surface area contributed by atoms with E-state index in [1.165, 1.54) is 0 Å². The van der Waals surface area contributed by atoms with Crippen molar-refractivity contribution >= 4 is 0 Å². The second-order valence-electron chi connectivity index (χ2n) is 6.69. The Hall–Kier alpha value is -1.84. The second-order valence-corrected chi connectivity index (χ2v) is 6.69. The van der Waals surface area contributed by atoms with E-state index in [0.29, 0.717) is 0 Å². The maximum Gasteiger partial charge on any atom is 0.199 e. The van der Waals surface area contributed by atoms with Crippen LogP contribution in [0.1, 0.15) is 57.1 Å². The molecular weight excluding hydrogens is 312 g/mol. The van der Waals surface area contributed by atoms with E-state index in [0.717, 1.165) is 67.6 Å². The van der Waals surface area contributed by atoms with Crippen LogP contribution in [0.4, 0.5) is 0 Å². The van der Waals surface area contributed by atoms with Crippen LogP contribution < -0.4 is 4.74 Å². The third kappa shape index (κ3) is 4.83. The summed E-state index contributed by atoms with van der Waals surface area (Å²) >= 11 is 0. The van der Waals surface area contributed by atoms with Gasteiger partial charge >= 0.3 is 0 Å². The predicted molar refractivity (Wildman–Crippen MR) is 101 cm³/mol. The van der Waals surface area contributed by atoms with Crippen molar-refractivity contribution in [1.29, 1.82) is 0 Å². The molecule has 0 bridgehead atoms. The van der Waals surface area contributed by atoms with Crippen molar-refractivity contribution in [1.82, 2.24) is 0 Å². The van der Waals surface area contributed by atoms with Gasteiger partial charge in [0.25, 0.3) is 0 Å². The van der Waals surface area contributed by atoms with E-state index in [-0.39, 0.29) is 6.29 Å². The van der Waals surface area contributed by atoms with Crippen LogP contribution in [0.15, 0.2) is 48.5 Å². The van der Waals surface area contributed by atoms with Gasteiger partial charge in [0.05, 0.1) is 12.7 Å². The fourth-order valence-corrected chi connectivity index (χ4v) is 3.23. The molecule has 1 aliphatic heterocycles. The average molecular weight is 340 g/mol. The van der Waals surface area contributed by atoms with Gasteiger partial charge in [-0.3, -0.25) is 0 Å².